The predicted molar refractivity (Wildman–Crippen MR) is 75.8 cm³/mol. The molecule has 0 fully saturated rings. The highest BCUT2D eigenvalue weighted by atomic mass is 79.9. The molecule has 1 heterocycles. The van der Waals surface area contributed by atoms with Crippen LogP contribution in [0.25, 0.3) is 11.3 Å². The van der Waals surface area contributed by atoms with Crippen molar-refractivity contribution in [3.05, 3.63) is 38.9 Å². The van der Waals surface area contributed by atoms with Crippen LogP contribution in [0.3, 0.4) is 0 Å². The maximum Gasteiger partial charge on any atom is 0.109 e. The van der Waals surface area contributed by atoms with Crippen LogP contribution in [0.1, 0.15) is 19.9 Å². The summed E-state index contributed by atoms with van der Waals surface area (Å²) in [7, 11) is 0. The zero-order valence-corrected chi connectivity index (χ0v) is 12.5. The SMILES string of the molecule is CC(C)n1cc(Br)c(-c2c(Cl)cccc2Cl)n1. The van der Waals surface area contributed by atoms with Gasteiger partial charge in [0.25, 0.3) is 0 Å². The Kier molecular flexibility index (Phi) is 3.81. The Labute approximate surface area is 119 Å². The van der Waals surface area contributed by atoms with E-state index in [2.05, 4.69) is 34.9 Å². The van der Waals surface area contributed by atoms with Crippen molar-refractivity contribution < 1.29 is 0 Å². The molecule has 1 aromatic heterocycles. The van der Waals surface area contributed by atoms with Gasteiger partial charge in [-0.05, 0) is 41.9 Å². The van der Waals surface area contributed by atoms with Crippen molar-refractivity contribution >= 4 is 39.1 Å². The van der Waals surface area contributed by atoms with Gasteiger partial charge in [-0.25, -0.2) is 0 Å². The number of nitrogens with zero attached hydrogens (tertiary/aromatic N) is 2. The summed E-state index contributed by atoms with van der Waals surface area (Å²) in [5.41, 5.74) is 1.54. The summed E-state index contributed by atoms with van der Waals surface area (Å²) in [6.07, 6.45) is 1.93. The Morgan fingerprint density at radius 1 is 1.24 bits per heavy atom. The van der Waals surface area contributed by atoms with E-state index in [1.54, 1.807) is 0 Å². The molecular weight excluding hydrogens is 323 g/mol. The van der Waals surface area contributed by atoms with E-state index < -0.39 is 0 Å². The lowest BCUT2D eigenvalue weighted by atomic mass is 10.1. The van der Waals surface area contributed by atoms with Crippen LogP contribution in [0, 0.1) is 0 Å². The van der Waals surface area contributed by atoms with Gasteiger partial charge in [-0.2, -0.15) is 5.10 Å². The highest BCUT2D eigenvalue weighted by molar-refractivity contribution is 9.10. The Hall–Kier alpha value is -0.510. The fourth-order valence-corrected chi connectivity index (χ4v) is 2.59. The summed E-state index contributed by atoms with van der Waals surface area (Å²) in [4.78, 5) is 0. The van der Waals surface area contributed by atoms with Crippen molar-refractivity contribution in [3.63, 3.8) is 0 Å². The maximum atomic E-state index is 6.17. The highest BCUT2D eigenvalue weighted by Crippen LogP contribution is 2.37. The van der Waals surface area contributed by atoms with Crippen molar-refractivity contribution in [1.82, 2.24) is 9.78 Å². The molecule has 0 atom stereocenters. The molecule has 0 aliphatic rings. The lowest BCUT2D eigenvalue weighted by Gasteiger charge is -2.05. The first-order chi connectivity index (χ1) is 8.00. The third-order valence-corrected chi connectivity index (χ3v) is 3.63. The zero-order chi connectivity index (χ0) is 12.6. The summed E-state index contributed by atoms with van der Waals surface area (Å²) < 4.78 is 2.76. The Morgan fingerprint density at radius 3 is 2.29 bits per heavy atom. The van der Waals surface area contributed by atoms with E-state index in [1.165, 1.54) is 0 Å². The minimum atomic E-state index is 0.293. The normalized spacial score (nSPS) is 11.2. The van der Waals surface area contributed by atoms with Crippen molar-refractivity contribution in [1.29, 1.82) is 0 Å². The fraction of sp³-hybridized carbons (Fsp3) is 0.250. The van der Waals surface area contributed by atoms with E-state index >= 15 is 0 Å². The number of halogens is 3. The van der Waals surface area contributed by atoms with E-state index in [9.17, 15) is 0 Å². The molecule has 17 heavy (non-hydrogen) atoms. The molecule has 1 aromatic carbocycles. The quantitative estimate of drug-likeness (QED) is 0.738. The number of rotatable bonds is 2. The van der Waals surface area contributed by atoms with Crippen LogP contribution in [0.5, 0.6) is 0 Å². The van der Waals surface area contributed by atoms with Gasteiger partial charge in [0.2, 0.25) is 0 Å². The van der Waals surface area contributed by atoms with Gasteiger partial charge in [-0.15, -0.1) is 0 Å². The van der Waals surface area contributed by atoms with Crippen LogP contribution in [-0.4, -0.2) is 9.78 Å². The number of aromatic nitrogens is 2. The van der Waals surface area contributed by atoms with Crippen LogP contribution in [-0.2, 0) is 0 Å². The third kappa shape index (κ3) is 2.51. The second kappa shape index (κ2) is 5.01. The second-order valence-corrected chi connectivity index (χ2v) is 5.66. The van der Waals surface area contributed by atoms with Gasteiger partial charge in [0, 0.05) is 17.8 Å². The molecule has 0 aliphatic heterocycles. The standard InChI is InChI=1S/C12H11BrCl2N2/c1-7(2)17-6-8(13)12(16-17)11-9(14)4-3-5-10(11)15/h3-7H,1-2H3. The molecule has 90 valence electrons. The zero-order valence-electron chi connectivity index (χ0n) is 9.42. The van der Waals surface area contributed by atoms with Crippen LogP contribution >= 0.6 is 39.1 Å². The summed E-state index contributed by atoms with van der Waals surface area (Å²) in [6, 6.07) is 5.73. The fourth-order valence-electron chi connectivity index (χ4n) is 1.53. The van der Waals surface area contributed by atoms with Gasteiger partial charge in [0.05, 0.1) is 14.5 Å². The maximum absolute atomic E-state index is 6.17. The second-order valence-electron chi connectivity index (χ2n) is 4.00. The first kappa shape index (κ1) is 12.9. The molecule has 0 aliphatic carbocycles. The smallest absolute Gasteiger partial charge is 0.109 e. The van der Waals surface area contributed by atoms with Crippen molar-refractivity contribution in [3.8, 4) is 11.3 Å². The summed E-state index contributed by atoms with van der Waals surface area (Å²) in [6.45, 7) is 4.13. The lowest BCUT2D eigenvalue weighted by molar-refractivity contribution is 0.534. The molecular formula is C12H11BrCl2N2. The number of hydrogen-bond donors (Lipinski definition) is 0. The predicted octanol–water partition coefficient (Wildman–Crippen LogP) is 5.20. The van der Waals surface area contributed by atoms with E-state index in [0.29, 0.717) is 16.1 Å². The van der Waals surface area contributed by atoms with Gasteiger partial charge >= 0.3 is 0 Å². The average Bonchev–Trinajstić information content (AvgIpc) is 2.61. The van der Waals surface area contributed by atoms with Crippen LogP contribution in [0.15, 0.2) is 28.9 Å². The van der Waals surface area contributed by atoms with Crippen LogP contribution in [0.4, 0.5) is 0 Å². The van der Waals surface area contributed by atoms with Crippen LogP contribution in [0.2, 0.25) is 10.0 Å². The Balaban J connectivity index is 2.61. The van der Waals surface area contributed by atoms with E-state index in [-0.39, 0.29) is 0 Å². The molecule has 0 radical (unpaired) electrons. The molecule has 2 rings (SSSR count). The minimum absolute atomic E-state index is 0.293. The first-order valence-electron chi connectivity index (χ1n) is 5.19. The van der Waals surface area contributed by atoms with Gasteiger partial charge in [-0.1, -0.05) is 29.3 Å². The Bertz CT molecular complexity index is 529. The van der Waals surface area contributed by atoms with E-state index in [1.807, 2.05) is 29.1 Å². The molecule has 0 saturated heterocycles. The lowest BCUT2D eigenvalue weighted by Crippen LogP contribution is -2.00. The van der Waals surface area contributed by atoms with Gasteiger partial charge in [0.15, 0.2) is 0 Å². The van der Waals surface area contributed by atoms with Crippen molar-refractivity contribution in [2.75, 3.05) is 0 Å². The largest absolute Gasteiger partial charge is 0.268 e. The molecule has 0 spiro atoms. The summed E-state index contributed by atoms with van der Waals surface area (Å²) in [5, 5.41) is 5.71. The molecule has 2 aromatic rings. The first-order valence-corrected chi connectivity index (χ1v) is 6.74. The molecule has 0 bridgehead atoms. The van der Waals surface area contributed by atoms with E-state index in [0.717, 1.165) is 15.7 Å². The van der Waals surface area contributed by atoms with Crippen molar-refractivity contribution in [2.45, 2.75) is 19.9 Å². The van der Waals surface area contributed by atoms with Crippen molar-refractivity contribution in [2.24, 2.45) is 0 Å². The molecule has 0 amide bonds. The molecule has 0 saturated carbocycles. The number of benzene rings is 1. The van der Waals surface area contributed by atoms with Gasteiger partial charge < -0.3 is 0 Å². The van der Waals surface area contributed by atoms with E-state index in [4.69, 9.17) is 23.2 Å². The number of hydrogen-bond acceptors (Lipinski definition) is 1. The molecule has 2 nitrogen and oxygen atoms in total. The molecule has 0 N–H and O–H groups in total. The van der Waals surface area contributed by atoms with Gasteiger partial charge in [-0.3, -0.25) is 4.68 Å². The van der Waals surface area contributed by atoms with Crippen LogP contribution < -0.4 is 0 Å². The third-order valence-electron chi connectivity index (χ3n) is 2.42. The van der Waals surface area contributed by atoms with Gasteiger partial charge in [0.1, 0.15) is 5.69 Å². The minimum Gasteiger partial charge on any atom is -0.268 e. The topological polar surface area (TPSA) is 17.8 Å². The molecule has 0 unspecified atom stereocenters. The Morgan fingerprint density at radius 2 is 1.82 bits per heavy atom. The average molecular weight is 334 g/mol. The summed E-state index contributed by atoms with van der Waals surface area (Å²) in [5.74, 6) is 0. The monoisotopic (exact) mass is 332 g/mol. The highest BCUT2D eigenvalue weighted by Gasteiger charge is 2.16. The summed E-state index contributed by atoms with van der Waals surface area (Å²) >= 11 is 15.8. The molecule has 5 heteroatoms.